The molecule has 0 spiro atoms. The molecule has 0 saturated heterocycles. The number of hydrogen-bond acceptors (Lipinski definition) is 4. The molecule has 1 aromatic heterocycles. The summed E-state index contributed by atoms with van der Waals surface area (Å²) < 4.78 is 41.7. The molecule has 2 rings (SSSR count). The zero-order valence-electron chi connectivity index (χ0n) is 11.5. The van der Waals surface area contributed by atoms with E-state index >= 15 is 0 Å². The summed E-state index contributed by atoms with van der Waals surface area (Å²) in [5.41, 5.74) is 0. The van der Waals surface area contributed by atoms with Crippen LogP contribution in [0.2, 0.25) is 0 Å². The number of likely N-dealkylation sites (N-methyl/N-ethyl adjacent to an activating group) is 1. The molecule has 0 amide bonds. The van der Waals surface area contributed by atoms with Crippen LogP contribution in [0.15, 0.2) is 4.52 Å². The summed E-state index contributed by atoms with van der Waals surface area (Å²) in [7, 11) is 1.89. The Labute approximate surface area is 116 Å². The number of rotatable bonds is 4. The fourth-order valence-corrected chi connectivity index (χ4v) is 2.72. The molecule has 1 N–H and O–H groups in total. The van der Waals surface area contributed by atoms with Crippen molar-refractivity contribution in [2.24, 2.45) is 0 Å². The topological polar surface area (TPSA) is 51.0 Å². The minimum atomic E-state index is -4.18. The van der Waals surface area contributed by atoms with Crippen LogP contribution >= 0.6 is 0 Å². The number of halogens is 3. The van der Waals surface area contributed by atoms with E-state index in [9.17, 15) is 13.2 Å². The number of nitrogens with one attached hydrogen (secondary N) is 1. The molecule has 2 atom stereocenters. The molecule has 0 bridgehead atoms. The minimum absolute atomic E-state index is 0.106. The van der Waals surface area contributed by atoms with Crippen molar-refractivity contribution in [2.45, 2.75) is 63.1 Å². The van der Waals surface area contributed by atoms with Crippen molar-refractivity contribution in [3.05, 3.63) is 11.7 Å². The fraction of sp³-hybridized carbons (Fsp3) is 0.846. The van der Waals surface area contributed by atoms with Crippen LogP contribution in [0.25, 0.3) is 0 Å². The van der Waals surface area contributed by atoms with Crippen LogP contribution < -0.4 is 5.32 Å². The quantitative estimate of drug-likeness (QED) is 0.866. The van der Waals surface area contributed by atoms with Gasteiger partial charge in [0.05, 0.1) is 12.3 Å². The summed E-state index contributed by atoms with van der Waals surface area (Å²) >= 11 is 0. The summed E-state index contributed by atoms with van der Waals surface area (Å²) in [6, 6.07) is 0.258. The second-order valence-corrected chi connectivity index (χ2v) is 5.30. The molecule has 1 saturated carbocycles. The van der Waals surface area contributed by atoms with Crippen LogP contribution in [0.4, 0.5) is 13.2 Å². The molecule has 0 radical (unpaired) electrons. The lowest BCUT2D eigenvalue weighted by atomic mass is 9.95. The monoisotopic (exact) mass is 291 g/mol. The van der Waals surface area contributed by atoms with Crippen LogP contribution in [-0.2, 0) is 6.42 Å². The summed E-state index contributed by atoms with van der Waals surface area (Å²) in [4.78, 5) is 4.16. The second-order valence-electron chi connectivity index (χ2n) is 5.30. The van der Waals surface area contributed by atoms with Gasteiger partial charge in [0, 0.05) is 12.5 Å². The highest BCUT2D eigenvalue weighted by molar-refractivity contribution is 5.00. The van der Waals surface area contributed by atoms with Gasteiger partial charge in [-0.05, 0) is 19.9 Å². The third-order valence-electron chi connectivity index (χ3n) is 3.82. The molecule has 1 aliphatic carbocycles. The molecule has 1 heterocycles. The maximum Gasteiger partial charge on any atom is 0.389 e. The third-order valence-corrected chi connectivity index (χ3v) is 3.82. The Hall–Kier alpha value is -1.11. The first kappa shape index (κ1) is 15.3. The van der Waals surface area contributed by atoms with Crippen molar-refractivity contribution in [1.82, 2.24) is 15.5 Å². The van der Waals surface area contributed by atoms with E-state index < -0.39 is 12.6 Å². The molecule has 4 nitrogen and oxygen atoms in total. The first-order chi connectivity index (χ1) is 9.49. The Morgan fingerprint density at radius 2 is 2.00 bits per heavy atom. The highest BCUT2D eigenvalue weighted by Gasteiger charge is 2.30. The van der Waals surface area contributed by atoms with Gasteiger partial charge in [0.2, 0.25) is 5.89 Å². The van der Waals surface area contributed by atoms with E-state index in [2.05, 4.69) is 15.5 Å². The number of hydrogen-bond donors (Lipinski definition) is 1. The molecule has 1 fully saturated rings. The Morgan fingerprint density at radius 3 is 2.70 bits per heavy atom. The summed E-state index contributed by atoms with van der Waals surface area (Å²) in [5, 5.41) is 6.93. The smallest absolute Gasteiger partial charge is 0.339 e. The Morgan fingerprint density at radius 1 is 1.25 bits per heavy atom. The van der Waals surface area contributed by atoms with Gasteiger partial charge in [-0.25, -0.2) is 0 Å². The number of aromatic nitrogens is 2. The van der Waals surface area contributed by atoms with Gasteiger partial charge in [0.15, 0.2) is 5.82 Å². The first-order valence-electron chi connectivity index (χ1n) is 7.06. The predicted octanol–water partition coefficient (Wildman–Crippen LogP) is 3.20. The zero-order valence-corrected chi connectivity index (χ0v) is 11.5. The summed E-state index contributed by atoms with van der Waals surface area (Å²) in [6.45, 7) is 0. The minimum Gasteiger partial charge on any atom is -0.339 e. The number of nitrogens with zero attached hydrogens (tertiary/aromatic N) is 2. The van der Waals surface area contributed by atoms with Crippen LogP contribution in [0.3, 0.4) is 0 Å². The van der Waals surface area contributed by atoms with Gasteiger partial charge in [-0.2, -0.15) is 18.2 Å². The highest BCUT2D eigenvalue weighted by Crippen LogP contribution is 2.31. The third kappa shape index (κ3) is 4.19. The molecule has 1 aliphatic rings. The lowest BCUT2D eigenvalue weighted by Gasteiger charge is -2.20. The normalized spacial score (nSPS) is 24.6. The van der Waals surface area contributed by atoms with Gasteiger partial charge in [-0.15, -0.1) is 0 Å². The lowest BCUT2D eigenvalue weighted by Crippen LogP contribution is -2.31. The van der Waals surface area contributed by atoms with Gasteiger partial charge in [-0.3, -0.25) is 0 Å². The number of alkyl halides is 3. The second kappa shape index (κ2) is 6.56. The van der Waals surface area contributed by atoms with Crippen molar-refractivity contribution in [3.8, 4) is 0 Å². The van der Waals surface area contributed by atoms with Crippen LogP contribution in [0, 0.1) is 0 Å². The number of aryl methyl sites for hydroxylation is 1. The van der Waals surface area contributed by atoms with Gasteiger partial charge < -0.3 is 9.84 Å². The molecule has 2 unspecified atom stereocenters. The van der Waals surface area contributed by atoms with Crippen LogP contribution in [0.5, 0.6) is 0 Å². The largest absolute Gasteiger partial charge is 0.389 e. The maximum absolute atomic E-state index is 12.2. The van der Waals surface area contributed by atoms with Crippen LogP contribution in [-0.4, -0.2) is 29.4 Å². The summed E-state index contributed by atoms with van der Waals surface area (Å²) in [5.74, 6) is 0.731. The van der Waals surface area contributed by atoms with Gasteiger partial charge in [-0.1, -0.05) is 24.4 Å². The fourth-order valence-electron chi connectivity index (χ4n) is 2.72. The van der Waals surface area contributed by atoms with Gasteiger partial charge in [0.25, 0.3) is 0 Å². The molecule has 114 valence electrons. The Bertz CT molecular complexity index is 419. The van der Waals surface area contributed by atoms with Crippen LogP contribution in [0.1, 0.15) is 56.2 Å². The molecular weight excluding hydrogens is 271 g/mol. The van der Waals surface area contributed by atoms with E-state index in [0.717, 1.165) is 25.7 Å². The van der Waals surface area contributed by atoms with E-state index in [1.807, 2.05) is 7.05 Å². The zero-order chi connectivity index (χ0) is 14.6. The van der Waals surface area contributed by atoms with E-state index in [1.54, 1.807) is 0 Å². The summed E-state index contributed by atoms with van der Waals surface area (Å²) in [6.07, 6.45) is 0.0600. The molecule has 7 heteroatoms. The van der Waals surface area contributed by atoms with E-state index in [0.29, 0.717) is 5.89 Å². The SMILES string of the molecule is CNC1CCCCCC1c1nc(CCC(F)(F)F)no1. The average Bonchev–Trinajstić information content (AvgIpc) is 2.72. The maximum atomic E-state index is 12.2. The highest BCUT2D eigenvalue weighted by atomic mass is 19.4. The van der Waals surface area contributed by atoms with Crippen molar-refractivity contribution in [1.29, 1.82) is 0 Å². The van der Waals surface area contributed by atoms with E-state index in [4.69, 9.17) is 4.52 Å². The predicted molar refractivity (Wildman–Crippen MR) is 67.3 cm³/mol. The Balaban J connectivity index is 2.02. The molecule has 0 aliphatic heterocycles. The van der Waals surface area contributed by atoms with E-state index in [-0.39, 0.29) is 24.2 Å². The Kier molecular flexibility index (Phi) is 5.01. The van der Waals surface area contributed by atoms with Crippen molar-refractivity contribution >= 4 is 0 Å². The molecule has 0 aromatic carbocycles. The average molecular weight is 291 g/mol. The van der Waals surface area contributed by atoms with Crippen molar-refractivity contribution < 1.29 is 17.7 Å². The molecule has 20 heavy (non-hydrogen) atoms. The van der Waals surface area contributed by atoms with Crippen molar-refractivity contribution in [3.63, 3.8) is 0 Å². The van der Waals surface area contributed by atoms with E-state index in [1.165, 1.54) is 6.42 Å². The first-order valence-corrected chi connectivity index (χ1v) is 7.06. The van der Waals surface area contributed by atoms with Gasteiger partial charge >= 0.3 is 6.18 Å². The lowest BCUT2D eigenvalue weighted by molar-refractivity contribution is -0.134. The standard InChI is InChI=1S/C13H20F3N3O/c1-17-10-6-4-2-3-5-9(10)12-18-11(19-20-12)7-8-13(14,15)16/h9-10,17H,2-8H2,1H3. The molecular formula is C13H20F3N3O. The van der Waals surface area contributed by atoms with Crippen molar-refractivity contribution in [2.75, 3.05) is 7.05 Å². The molecule has 1 aromatic rings. The van der Waals surface area contributed by atoms with Gasteiger partial charge in [0.1, 0.15) is 0 Å².